The molecule has 1 aliphatic heterocycles. The molecule has 1 heterocycles. The Labute approximate surface area is 75.2 Å². The molecule has 13 heavy (non-hydrogen) atoms. The number of rotatable bonds is 0. The van der Waals surface area contributed by atoms with E-state index in [2.05, 4.69) is 5.32 Å². The number of carbonyl (C=O) groups is 1. The van der Waals surface area contributed by atoms with E-state index in [1.165, 1.54) is 12.1 Å². The molecule has 0 aromatic heterocycles. The molecule has 0 unspecified atom stereocenters. The second-order valence-corrected chi connectivity index (χ2v) is 3.07. The zero-order valence-electron chi connectivity index (χ0n) is 7.17. The summed E-state index contributed by atoms with van der Waals surface area (Å²) < 4.78 is 12.8. The highest BCUT2D eigenvalue weighted by atomic mass is 19.1. The van der Waals surface area contributed by atoms with Crippen molar-refractivity contribution in [1.82, 2.24) is 0 Å². The van der Waals surface area contributed by atoms with Crippen LogP contribution in [-0.4, -0.2) is 19.5 Å². The van der Waals surface area contributed by atoms with Crippen LogP contribution in [-0.2, 0) is 4.79 Å². The fourth-order valence-electron chi connectivity index (χ4n) is 1.42. The molecule has 0 atom stereocenters. The molecule has 1 aliphatic rings. The van der Waals surface area contributed by atoms with Gasteiger partial charge in [-0.15, -0.1) is 0 Å². The van der Waals surface area contributed by atoms with E-state index in [0.717, 1.165) is 5.69 Å². The van der Waals surface area contributed by atoms with Gasteiger partial charge in [-0.25, -0.2) is 4.39 Å². The molecular formula is C9H9FN2O. The van der Waals surface area contributed by atoms with Crippen molar-refractivity contribution in [2.45, 2.75) is 0 Å². The third kappa shape index (κ3) is 1.35. The van der Waals surface area contributed by atoms with Gasteiger partial charge in [0.25, 0.3) is 0 Å². The first-order chi connectivity index (χ1) is 6.16. The molecule has 0 radical (unpaired) electrons. The fraction of sp³-hybridized carbons (Fsp3) is 0.222. The summed E-state index contributed by atoms with van der Waals surface area (Å²) in [6, 6.07) is 4.31. The third-order valence-corrected chi connectivity index (χ3v) is 2.03. The highest BCUT2D eigenvalue weighted by molar-refractivity contribution is 6.00. The lowest BCUT2D eigenvalue weighted by Gasteiger charge is -2.26. The standard InChI is InChI=1S/C9H9FN2O/c1-12-5-9(13)11-7-3-2-6(10)4-8(7)12/h2-4H,5H2,1H3,(H,11,13). The van der Waals surface area contributed by atoms with Crippen molar-refractivity contribution >= 4 is 17.3 Å². The van der Waals surface area contributed by atoms with Gasteiger partial charge in [-0.3, -0.25) is 4.79 Å². The molecule has 1 aromatic rings. The van der Waals surface area contributed by atoms with Crippen LogP contribution in [0.5, 0.6) is 0 Å². The summed E-state index contributed by atoms with van der Waals surface area (Å²) in [5, 5.41) is 2.67. The molecule has 0 aliphatic carbocycles. The average Bonchev–Trinajstić information content (AvgIpc) is 2.06. The van der Waals surface area contributed by atoms with E-state index in [4.69, 9.17) is 0 Å². The van der Waals surface area contributed by atoms with E-state index < -0.39 is 0 Å². The molecule has 1 N–H and O–H groups in total. The van der Waals surface area contributed by atoms with Gasteiger partial charge in [0.2, 0.25) is 5.91 Å². The van der Waals surface area contributed by atoms with E-state index in [1.807, 2.05) is 0 Å². The number of hydrogen-bond acceptors (Lipinski definition) is 2. The van der Waals surface area contributed by atoms with Crippen LogP contribution in [0.1, 0.15) is 0 Å². The van der Waals surface area contributed by atoms with E-state index in [9.17, 15) is 9.18 Å². The summed E-state index contributed by atoms with van der Waals surface area (Å²) >= 11 is 0. The molecule has 1 aromatic carbocycles. The molecular weight excluding hydrogens is 171 g/mol. The number of nitrogens with one attached hydrogen (secondary N) is 1. The Morgan fingerprint density at radius 3 is 3.08 bits per heavy atom. The largest absolute Gasteiger partial charge is 0.364 e. The second kappa shape index (κ2) is 2.73. The lowest BCUT2D eigenvalue weighted by atomic mass is 10.2. The smallest absolute Gasteiger partial charge is 0.243 e. The van der Waals surface area contributed by atoms with Crippen molar-refractivity contribution in [1.29, 1.82) is 0 Å². The first-order valence-electron chi connectivity index (χ1n) is 3.97. The van der Waals surface area contributed by atoms with Gasteiger partial charge >= 0.3 is 0 Å². The lowest BCUT2D eigenvalue weighted by Crippen LogP contribution is -2.35. The zero-order chi connectivity index (χ0) is 9.42. The zero-order valence-corrected chi connectivity index (χ0v) is 7.17. The van der Waals surface area contributed by atoms with Gasteiger partial charge in [0.15, 0.2) is 0 Å². The predicted octanol–water partition coefficient (Wildman–Crippen LogP) is 1.21. The number of hydrogen-bond donors (Lipinski definition) is 1. The van der Waals surface area contributed by atoms with Crippen LogP contribution < -0.4 is 10.2 Å². The van der Waals surface area contributed by atoms with Crippen LogP contribution in [0.15, 0.2) is 18.2 Å². The quantitative estimate of drug-likeness (QED) is 0.651. The van der Waals surface area contributed by atoms with E-state index >= 15 is 0 Å². The van der Waals surface area contributed by atoms with Crippen LogP contribution in [0.25, 0.3) is 0 Å². The highest BCUT2D eigenvalue weighted by Crippen LogP contribution is 2.28. The Morgan fingerprint density at radius 2 is 2.31 bits per heavy atom. The number of benzene rings is 1. The molecule has 2 rings (SSSR count). The number of carbonyl (C=O) groups excluding carboxylic acids is 1. The second-order valence-electron chi connectivity index (χ2n) is 3.07. The minimum absolute atomic E-state index is 0.0680. The number of anilines is 2. The first-order valence-corrected chi connectivity index (χ1v) is 3.97. The molecule has 0 bridgehead atoms. The van der Waals surface area contributed by atoms with Crippen molar-refractivity contribution in [2.24, 2.45) is 0 Å². The molecule has 3 nitrogen and oxygen atoms in total. The van der Waals surface area contributed by atoms with Crippen molar-refractivity contribution in [3.05, 3.63) is 24.0 Å². The molecule has 0 spiro atoms. The van der Waals surface area contributed by atoms with Crippen LogP contribution in [0.4, 0.5) is 15.8 Å². The van der Waals surface area contributed by atoms with Gasteiger partial charge in [0.05, 0.1) is 17.9 Å². The molecule has 0 fully saturated rings. The maximum Gasteiger partial charge on any atom is 0.243 e. The number of nitrogens with zero attached hydrogens (tertiary/aromatic N) is 1. The van der Waals surface area contributed by atoms with Gasteiger partial charge in [-0.05, 0) is 18.2 Å². The summed E-state index contributed by atoms with van der Waals surface area (Å²) in [5.41, 5.74) is 1.39. The number of fused-ring (bicyclic) bond motifs is 1. The Balaban J connectivity index is 2.49. The lowest BCUT2D eigenvalue weighted by molar-refractivity contribution is -0.115. The monoisotopic (exact) mass is 180 g/mol. The number of amides is 1. The minimum Gasteiger partial charge on any atom is -0.364 e. The Hall–Kier alpha value is -1.58. The van der Waals surface area contributed by atoms with E-state index in [0.29, 0.717) is 5.69 Å². The topological polar surface area (TPSA) is 32.3 Å². The van der Waals surface area contributed by atoms with Crippen LogP contribution >= 0.6 is 0 Å². The summed E-state index contributed by atoms with van der Waals surface area (Å²) in [6.07, 6.45) is 0. The van der Waals surface area contributed by atoms with Gasteiger partial charge in [0, 0.05) is 7.05 Å². The van der Waals surface area contributed by atoms with E-state index in [-0.39, 0.29) is 18.3 Å². The van der Waals surface area contributed by atoms with Crippen molar-refractivity contribution < 1.29 is 9.18 Å². The van der Waals surface area contributed by atoms with Crippen molar-refractivity contribution in [3.8, 4) is 0 Å². The van der Waals surface area contributed by atoms with Gasteiger partial charge in [0.1, 0.15) is 5.82 Å². The summed E-state index contributed by atoms with van der Waals surface area (Å²) in [6.45, 7) is 0.274. The molecule has 0 saturated heterocycles. The highest BCUT2D eigenvalue weighted by Gasteiger charge is 2.18. The van der Waals surface area contributed by atoms with Gasteiger partial charge in [-0.1, -0.05) is 0 Å². The Kier molecular flexibility index (Phi) is 1.69. The predicted molar refractivity (Wildman–Crippen MR) is 48.3 cm³/mol. The van der Waals surface area contributed by atoms with Gasteiger partial charge in [-0.2, -0.15) is 0 Å². The van der Waals surface area contributed by atoms with E-state index in [1.54, 1.807) is 18.0 Å². The third-order valence-electron chi connectivity index (χ3n) is 2.03. The molecule has 1 amide bonds. The minimum atomic E-state index is -0.290. The summed E-state index contributed by atoms with van der Waals surface area (Å²) in [5.74, 6) is -0.358. The van der Waals surface area contributed by atoms with Crippen LogP contribution in [0, 0.1) is 5.82 Å². The molecule has 68 valence electrons. The first kappa shape index (κ1) is 8.04. The van der Waals surface area contributed by atoms with Crippen molar-refractivity contribution in [3.63, 3.8) is 0 Å². The van der Waals surface area contributed by atoms with Crippen LogP contribution in [0.2, 0.25) is 0 Å². The van der Waals surface area contributed by atoms with Gasteiger partial charge < -0.3 is 10.2 Å². The molecule has 0 saturated carbocycles. The molecule has 4 heteroatoms. The summed E-state index contributed by atoms with van der Waals surface area (Å²) in [4.78, 5) is 12.8. The normalized spacial score (nSPS) is 15.2. The fourth-order valence-corrected chi connectivity index (χ4v) is 1.42. The maximum absolute atomic E-state index is 12.8. The van der Waals surface area contributed by atoms with Crippen LogP contribution in [0.3, 0.4) is 0 Å². The van der Waals surface area contributed by atoms with Crippen molar-refractivity contribution in [2.75, 3.05) is 23.8 Å². The SMILES string of the molecule is CN1CC(=O)Nc2ccc(F)cc21. The number of halogens is 1. The number of likely N-dealkylation sites (N-methyl/N-ethyl adjacent to an activating group) is 1. The Bertz CT molecular complexity index is 365. The summed E-state index contributed by atoms with van der Waals surface area (Å²) in [7, 11) is 1.76. The average molecular weight is 180 g/mol. The Morgan fingerprint density at radius 1 is 1.54 bits per heavy atom. The maximum atomic E-state index is 12.8.